The molecule has 1 unspecified atom stereocenters. The van der Waals surface area contributed by atoms with E-state index in [9.17, 15) is 9.59 Å². The second-order valence-electron chi connectivity index (χ2n) is 5.98. The summed E-state index contributed by atoms with van der Waals surface area (Å²) in [6.45, 7) is 4.81. The van der Waals surface area contributed by atoms with Crippen LogP contribution in [0.15, 0.2) is 18.5 Å². The summed E-state index contributed by atoms with van der Waals surface area (Å²) in [5, 5.41) is 5.18. The molecule has 8 heteroatoms. The highest BCUT2D eigenvalue weighted by Crippen LogP contribution is 2.18. The molecule has 0 spiro atoms. The summed E-state index contributed by atoms with van der Waals surface area (Å²) >= 11 is 0. The first kappa shape index (κ1) is 15.7. The quantitative estimate of drug-likeness (QED) is 0.810. The van der Waals surface area contributed by atoms with Gasteiger partial charge >= 0.3 is 6.03 Å². The Hall–Kier alpha value is -2.22. The summed E-state index contributed by atoms with van der Waals surface area (Å²) in [7, 11) is 0. The van der Waals surface area contributed by atoms with E-state index < -0.39 is 0 Å². The molecule has 1 atom stereocenters. The van der Waals surface area contributed by atoms with Crippen molar-refractivity contribution in [1.29, 1.82) is 0 Å². The molecule has 3 amide bonds. The number of nitrogens with zero attached hydrogens (tertiary/aromatic N) is 4. The highest BCUT2D eigenvalue weighted by molar-refractivity contribution is 5.97. The SMILES string of the molecule is CC(C(=O)NC(=O)NC1CC1)N1CCN(c2ncccn2)CC1. The Balaban J connectivity index is 1.46. The second-order valence-corrected chi connectivity index (χ2v) is 5.98. The summed E-state index contributed by atoms with van der Waals surface area (Å²) in [6, 6.07) is 1.31. The zero-order valence-corrected chi connectivity index (χ0v) is 13.2. The Morgan fingerprint density at radius 1 is 1.17 bits per heavy atom. The molecule has 124 valence electrons. The molecule has 1 saturated heterocycles. The first-order valence-electron chi connectivity index (χ1n) is 8.01. The number of carbonyl (C=O) groups is 2. The number of imide groups is 1. The molecule has 0 radical (unpaired) electrons. The third-order valence-electron chi connectivity index (χ3n) is 4.23. The third-order valence-corrected chi connectivity index (χ3v) is 4.23. The number of nitrogens with one attached hydrogen (secondary N) is 2. The second kappa shape index (κ2) is 6.91. The molecule has 3 rings (SSSR count). The van der Waals surface area contributed by atoms with Crippen LogP contribution in [0.1, 0.15) is 19.8 Å². The van der Waals surface area contributed by atoms with Crippen molar-refractivity contribution in [2.45, 2.75) is 31.8 Å². The van der Waals surface area contributed by atoms with Crippen molar-refractivity contribution < 1.29 is 9.59 Å². The van der Waals surface area contributed by atoms with Gasteiger partial charge in [-0.05, 0) is 25.8 Å². The Kier molecular flexibility index (Phi) is 4.71. The molecule has 1 aromatic rings. The topological polar surface area (TPSA) is 90.5 Å². The van der Waals surface area contributed by atoms with Gasteiger partial charge in [0, 0.05) is 44.6 Å². The largest absolute Gasteiger partial charge is 0.338 e. The summed E-state index contributed by atoms with van der Waals surface area (Å²) in [5.41, 5.74) is 0. The lowest BCUT2D eigenvalue weighted by Gasteiger charge is -2.37. The van der Waals surface area contributed by atoms with Gasteiger partial charge in [0.05, 0.1) is 6.04 Å². The van der Waals surface area contributed by atoms with Crippen molar-refractivity contribution in [1.82, 2.24) is 25.5 Å². The van der Waals surface area contributed by atoms with E-state index in [2.05, 4.69) is 30.4 Å². The van der Waals surface area contributed by atoms with Crippen LogP contribution in [0.3, 0.4) is 0 Å². The maximum Gasteiger partial charge on any atom is 0.321 e. The van der Waals surface area contributed by atoms with Crippen molar-refractivity contribution in [3.8, 4) is 0 Å². The normalized spacial score (nSPS) is 20.0. The van der Waals surface area contributed by atoms with Crippen LogP contribution in [0.4, 0.5) is 10.7 Å². The van der Waals surface area contributed by atoms with Crippen LogP contribution in [-0.4, -0.2) is 65.1 Å². The Bertz CT molecular complexity index is 554. The van der Waals surface area contributed by atoms with Crippen LogP contribution in [0.2, 0.25) is 0 Å². The number of rotatable bonds is 4. The molecule has 0 aromatic carbocycles. The van der Waals surface area contributed by atoms with Gasteiger partial charge in [0.15, 0.2) is 0 Å². The maximum absolute atomic E-state index is 12.2. The van der Waals surface area contributed by atoms with Crippen LogP contribution in [-0.2, 0) is 4.79 Å². The molecule has 2 aliphatic rings. The number of hydrogen-bond acceptors (Lipinski definition) is 6. The third kappa shape index (κ3) is 4.16. The van der Waals surface area contributed by atoms with Crippen molar-refractivity contribution in [3.63, 3.8) is 0 Å². The molecule has 1 aliphatic heterocycles. The number of urea groups is 1. The molecule has 8 nitrogen and oxygen atoms in total. The van der Waals surface area contributed by atoms with E-state index in [1.165, 1.54) is 0 Å². The minimum Gasteiger partial charge on any atom is -0.338 e. The van der Waals surface area contributed by atoms with E-state index in [1.807, 2.05) is 6.92 Å². The predicted octanol–water partition coefficient (Wildman–Crippen LogP) is -0.0247. The summed E-state index contributed by atoms with van der Waals surface area (Å²) < 4.78 is 0. The molecule has 0 bridgehead atoms. The van der Waals surface area contributed by atoms with Gasteiger partial charge in [-0.1, -0.05) is 0 Å². The van der Waals surface area contributed by atoms with Gasteiger partial charge < -0.3 is 10.2 Å². The first-order valence-corrected chi connectivity index (χ1v) is 8.01. The fourth-order valence-electron chi connectivity index (χ4n) is 2.60. The zero-order valence-electron chi connectivity index (χ0n) is 13.2. The number of aromatic nitrogens is 2. The summed E-state index contributed by atoms with van der Waals surface area (Å²) in [6.07, 6.45) is 5.45. The molecule has 2 fully saturated rings. The number of piperazine rings is 1. The molecule has 1 saturated carbocycles. The predicted molar refractivity (Wildman–Crippen MR) is 85.0 cm³/mol. The van der Waals surface area contributed by atoms with Gasteiger partial charge in [-0.3, -0.25) is 15.0 Å². The highest BCUT2D eigenvalue weighted by Gasteiger charge is 2.29. The molecule has 2 heterocycles. The summed E-state index contributed by atoms with van der Waals surface area (Å²) in [4.78, 5) is 36.5. The zero-order chi connectivity index (χ0) is 16.2. The van der Waals surface area contributed by atoms with Gasteiger partial charge in [-0.25, -0.2) is 14.8 Å². The van der Waals surface area contributed by atoms with Gasteiger partial charge in [-0.2, -0.15) is 0 Å². The fraction of sp³-hybridized carbons (Fsp3) is 0.600. The average molecular weight is 318 g/mol. The fourth-order valence-corrected chi connectivity index (χ4v) is 2.60. The van der Waals surface area contributed by atoms with E-state index in [4.69, 9.17) is 0 Å². The minimum absolute atomic E-state index is 0.243. The van der Waals surface area contributed by atoms with Gasteiger partial charge in [-0.15, -0.1) is 0 Å². The summed E-state index contributed by atoms with van der Waals surface area (Å²) in [5.74, 6) is 0.459. The van der Waals surface area contributed by atoms with E-state index >= 15 is 0 Å². The van der Waals surface area contributed by atoms with Crippen LogP contribution in [0.5, 0.6) is 0 Å². The van der Waals surface area contributed by atoms with Crippen molar-refractivity contribution in [3.05, 3.63) is 18.5 Å². The Labute approximate surface area is 135 Å². The first-order chi connectivity index (χ1) is 11.1. The van der Waals surface area contributed by atoms with Crippen LogP contribution >= 0.6 is 0 Å². The van der Waals surface area contributed by atoms with E-state index in [0.717, 1.165) is 39.0 Å². The number of amides is 3. The smallest absolute Gasteiger partial charge is 0.321 e. The van der Waals surface area contributed by atoms with Gasteiger partial charge in [0.2, 0.25) is 11.9 Å². The molecule has 23 heavy (non-hydrogen) atoms. The minimum atomic E-state index is -0.388. The van der Waals surface area contributed by atoms with E-state index in [0.29, 0.717) is 5.95 Å². The Morgan fingerprint density at radius 3 is 2.43 bits per heavy atom. The van der Waals surface area contributed by atoms with Crippen LogP contribution in [0, 0.1) is 0 Å². The number of hydrogen-bond donors (Lipinski definition) is 2. The monoisotopic (exact) mass is 318 g/mol. The standard InChI is InChI=1S/C15H22N6O2/c1-11(13(22)19-15(23)18-12-3-4-12)20-7-9-21(10-8-20)14-16-5-2-6-17-14/h2,5-6,11-12H,3-4,7-10H2,1H3,(H2,18,19,22,23). The molecule has 1 aliphatic carbocycles. The average Bonchev–Trinajstić information content (AvgIpc) is 3.39. The van der Waals surface area contributed by atoms with Crippen molar-refractivity contribution >= 4 is 17.9 Å². The molecular weight excluding hydrogens is 296 g/mol. The van der Waals surface area contributed by atoms with Crippen molar-refractivity contribution in [2.24, 2.45) is 0 Å². The highest BCUT2D eigenvalue weighted by atomic mass is 16.2. The van der Waals surface area contributed by atoms with Crippen LogP contribution in [0.25, 0.3) is 0 Å². The molecular formula is C15H22N6O2. The maximum atomic E-state index is 12.2. The Morgan fingerprint density at radius 2 is 1.83 bits per heavy atom. The van der Waals surface area contributed by atoms with Gasteiger partial charge in [0.1, 0.15) is 0 Å². The van der Waals surface area contributed by atoms with E-state index in [-0.39, 0.29) is 24.0 Å². The molecule has 2 N–H and O–H groups in total. The van der Waals surface area contributed by atoms with Gasteiger partial charge in [0.25, 0.3) is 0 Å². The van der Waals surface area contributed by atoms with E-state index in [1.54, 1.807) is 18.5 Å². The number of anilines is 1. The van der Waals surface area contributed by atoms with Crippen molar-refractivity contribution in [2.75, 3.05) is 31.1 Å². The number of carbonyl (C=O) groups excluding carboxylic acids is 2. The lowest BCUT2D eigenvalue weighted by atomic mass is 10.2. The molecule has 1 aromatic heterocycles. The lowest BCUT2D eigenvalue weighted by Crippen LogP contribution is -2.55. The van der Waals surface area contributed by atoms with Crippen LogP contribution < -0.4 is 15.5 Å². The lowest BCUT2D eigenvalue weighted by molar-refractivity contribution is -0.124.